The van der Waals surface area contributed by atoms with Gasteiger partial charge in [-0.05, 0) is 71.3 Å². The third kappa shape index (κ3) is 6.57. The Morgan fingerprint density at radius 1 is 0.717 bits per heavy atom. The maximum Gasteiger partial charge on any atom is 0.120 e. The predicted molar refractivity (Wildman–Crippen MR) is 182 cm³/mol. The Hall–Kier alpha value is -5.22. The Kier molecular flexibility index (Phi) is 9.54. The quantitative estimate of drug-likeness (QED) is 0.164. The van der Waals surface area contributed by atoms with Crippen LogP contribution in [0.2, 0.25) is 0 Å². The molecular weight excluding hydrogens is 743 g/mol. The predicted octanol–water partition coefficient (Wildman–Crippen LogP) is 9.96. The molecule has 4 nitrogen and oxygen atoms in total. The molecular formula is C41H29IrN3O-2. The Bertz CT molecular complexity index is 2180. The van der Waals surface area contributed by atoms with Gasteiger partial charge < -0.3 is 14.4 Å². The summed E-state index contributed by atoms with van der Waals surface area (Å²) in [5, 5.41) is 2.26. The molecule has 0 aliphatic rings. The van der Waals surface area contributed by atoms with Gasteiger partial charge in [0.05, 0.1) is 5.58 Å². The van der Waals surface area contributed by atoms with Gasteiger partial charge in [-0.25, -0.2) is 0 Å². The second-order valence-corrected chi connectivity index (χ2v) is 10.8. The summed E-state index contributed by atoms with van der Waals surface area (Å²) in [5.41, 5.74) is 11.5. The van der Waals surface area contributed by atoms with Crippen LogP contribution in [0.3, 0.4) is 0 Å². The van der Waals surface area contributed by atoms with E-state index in [1.54, 1.807) is 6.20 Å². The van der Waals surface area contributed by atoms with Crippen molar-refractivity contribution in [3.63, 3.8) is 0 Å². The van der Waals surface area contributed by atoms with E-state index < -0.39 is 0 Å². The fourth-order valence-corrected chi connectivity index (χ4v) is 5.55. The fourth-order valence-electron chi connectivity index (χ4n) is 5.55. The number of pyridine rings is 3. The number of nitrogens with zero attached hydrogens (tertiary/aromatic N) is 3. The van der Waals surface area contributed by atoms with E-state index in [4.69, 9.17) is 4.42 Å². The third-order valence-electron chi connectivity index (χ3n) is 7.77. The molecule has 46 heavy (non-hydrogen) atoms. The van der Waals surface area contributed by atoms with Crippen molar-refractivity contribution in [2.24, 2.45) is 0 Å². The van der Waals surface area contributed by atoms with Gasteiger partial charge in [-0.15, -0.1) is 53.6 Å². The second-order valence-electron chi connectivity index (χ2n) is 10.8. The van der Waals surface area contributed by atoms with E-state index in [0.717, 1.165) is 50.9 Å². The average Bonchev–Trinajstić information content (AvgIpc) is 3.51. The largest absolute Gasteiger partial charge is 0.501 e. The maximum absolute atomic E-state index is 6.23. The van der Waals surface area contributed by atoms with E-state index in [-0.39, 0.29) is 20.1 Å². The maximum atomic E-state index is 6.23. The molecule has 1 radical (unpaired) electrons. The van der Waals surface area contributed by atoms with E-state index >= 15 is 0 Å². The number of aryl methyl sites for hydroxylation is 1. The molecule has 0 atom stereocenters. The Balaban J connectivity index is 0.000000166. The zero-order chi connectivity index (χ0) is 30.4. The molecule has 4 aromatic heterocycles. The molecule has 8 aromatic rings. The minimum absolute atomic E-state index is 0. The molecule has 0 saturated carbocycles. The van der Waals surface area contributed by atoms with Crippen molar-refractivity contribution in [3.8, 4) is 33.6 Å². The van der Waals surface area contributed by atoms with Gasteiger partial charge in [-0.1, -0.05) is 77.7 Å². The van der Waals surface area contributed by atoms with Crippen LogP contribution in [0.4, 0.5) is 0 Å². The molecule has 4 aromatic carbocycles. The van der Waals surface area contributed by atoms with Gasteiger partial charge in [-0.3, -0.25) is 4.98 Å². The van der Waals surface area contributed by atoms with Gasteiger partial charge in [0.2, 0.25) is 0 Å². The van der Waals surface area contributed by atoms with Crippen LogP contribution >= 0.6 is 0 Å². The summed E-state index contributed by atoms with van der Waals surface area (Å²) >= 11 is 0. The van der Waals surface area contributed by atoms with Crippen molar-refractivity contribution in [1.82, 2.24) is 15.0 Å². The number of aromatic nitrogens is 3. The normalized spacial score (nSPS) is 10.6. The van der Waals surface area contributed by atoms with Gasteiger partial charge >= 0.3 is 0 Å². The van der Waals surface area contributed by atoms with Crippen LogP contribution in [-0.2, 0) is 26.5 Å². The molecule has 0 fully saturated rings. The number of para-hydroxylation sites is 1. The molecule has 0 N–H and O–H groups in total. The average molecular weight is 772 g/mol. The first-order chi connectivity index (χ1) is 22.2. The number of rotatable bonds is 5. The summed E-state index contributed by atoms with van der Waals surface area (Å²) in [7, 11) is 0. The standard InChI is InChI=1S/C23H15N2O.C18H14N.Ir/c1-2-7-21-19(5-1)22-17(15-16-10-13-24-14-11-16)8-9-18(23(22)26-21)20-6-3-4-12-25-20;1-14-13-19-18(16-10-6-3-7-11-16)12-17(14)15-8-4-2-5-9-15;/h1-8,10-14H,15H2;2-10,12-13H,1H3;/q2*-1;. The van der Waals surface area contributed by atoms with Crippen LogP contribution in [0.25, 0.3) is 55.6 Å². The summed E-state index contributed by atoms with van der Waals surface area (Å²) in [4.78, 5) is 13.1. The first kappa shape index (κ1) is 30.8. The fraction of sp³-hybridized carbons (Fsp3) is 0.0488. The van der Waals surface area contributed by atoms with Crippen molar-refractivity contribution < 1.29 is 24.5 Å². The minimum atomic E-state index is 0. The Labute approximate surface area is 282 Å². The Morgan fingerprint density at radius 2 is 1.50 bits per heavy atom. The van der Waals surface area contributed by atoms with Crippen LogP contribution in [0, 0.1) is 19.1 Å². The van der Waals surface area contributed by atoms with Crippen LogP contribution in [0.1, 0.15) is 16.7 Å². The SMILES string of the molecule is Cc1cnc(-c2[c-]cccc2)cc1-c1ccccc1.[Ir].[c-]1cc(Cc2ccncc2)c2c(oc3ccccc32)c1-c1ccccn1. The zero-order valence-corrected chi connectivity index (χ0v) is 27.5. The van der Waals surface area contributed by atoms with Crippen molar-refractivity contribution in [3.05, 3.63) is 175 Å². The molecule has 5 heteroatoms. The third-order valence-corrected chi connectivity index (χ3v) is 7.77. The number of furan rings is 1. The topological polar surface area (TPSA) is 51.8 Å². The zero-order valence-electron chi connectivity index (χ0n) is 25.1. The van der Waals surface area contributed by atoms with E-state index in [1.165, 1.54) is 27.8 Å². The van der Waals surface area contributed by atoms with Gasteiger partial charge in [0.1, 0.15) is 5.58 Å². The summed E-state index contributed by atoms with van der Waals surface area (Å²) < 4.78 is 6.23. The van der Waals surface area contributed by atoms with Crippen LogP contribution in [0.15, 0.2) is 151 Å². The van der Waals surface area contributed by atoms with Gasteiger partial charge in [0, 0.05) is 50.3 Å². The second kappa shape index (κ2) is 14.3. The monoisotopic (exact) mass is 772 g/mol. The molecule has 0 aliphatic carbocycles. The van der Waals surface area contributed by atoms with Crippen molar-refractivity contribution in [1.29, 1.82) is 0 Å². The van der Waals surface area contributed by atoms with E-state index in [2.05, 4.69) is 76.5 Å². The van der Waals surface area contributed by atoms with Gasteiger partial charge in [0.15, 0.2) is 0 Å². The van der Waals surface area contributed by atoms with Gasteiger partial charge in [-0.2, -0.15) is 0 Å². The van der Waals surface area contributed by atoms with Crippen molar-refractivity contribution in [2.45, 2.75) is 13.3 Å². The van der Waals surface area contributed by atoms with Gasteiger partial charge in [0.25, 0.3) is 0 Å². The first-order valence-electron chi connectivity index (χ1n) is 14.9. The number of fused-ring (bicyclic) bond motifs is 3. The molecule has 0 spiro atoms. The summed E-state index contributed by atoms with van der Waals surface area (Å²) in [6, 6.07) is 47.3. The molecule has 0 unspecified atom stereocenters. The van der Waals surface area contributed by atoms with E-state index in [1.807, 2.05) is 97.5 Å². The summed E-state index contributed by atoms with van der Waals surface area (Å²) in [6.07, 6.45) is 8.18. The molecule has 8 rings (SSSR count). The minimum Gasteiger partial charge on any atom is -0.501 e. The van der Waals surface area contributed by atoms with Crippen LogP contribution in [-0.4, -0.2) is 15.0 Å². The molecule has 0 amide bonds. The summed E-state index contributed by atoms with van der Waals surface area (Å²) in [6.45, 7) is 2.09. The molecule has 0 saturated heterocycles. The number of benzene rings is 4. The van der Waals surface area contributed by atoms with E-state index in [0.29, 0.717) is 0 Å². The van der Waals surface area contributed by atoms with E-state index in [9.17, 15) is 0 Å². The molecule has 4 heterocycles. The first-order valence-corrected chi connectivity index (χ1v) is 14.9. The Morgan fingerprint density at radius 3 is 2.28 bits per heavy atom. The smallest absolute Gasteiger partial charge is 0.120 e. The molecule has 0 bridgehead atoms. The van der Waals surface area contributed by atoms with Crippen molar-refractivity contribution in [2.75, 3.05) is 0 Å². The number of hydrogen-bond acceptors (Lipinski definition) is 4. The van der Waals surface area contributed by atoms with Crippen LogP contribution in [0.5, 0.6) is 0 Å². The van der Waals surface area contributed by atoms with Crippen LogP contribution < -0.4 is 0 Å². The molecule has 0 aliphatic heterocycles. The number of hydrogen-bond donors (Lipinski definition) is 0. The molecule has 225 valence electrons. The summed E-state index contributed by atoms with van der Waals surface area (Å²) in [5.74, 6) is 0. The van der Waals surface area contributed by atoms with Crippen molar-refractivity contribution >= 4 is 21.9 Å².